The normalized spacial score (nSPS) is 41.5. The Morgan fingerprint density at radius 3 is 2.28 bits per heavy atom. The molecule has 4 aliphatic rings. The summed E-state index contributed by atoms with van der Waals surface area (Å²) in [5, 5.41) is 15.0. The van der Waals surface area contributed by atoms with Gasteiger partial charge in [-0.1, -0.05) is 0 Å². The molecule has 1 atom stereocenters. The Kier molecular flexibility index (Phi) is 8.64. The summed E-state index contributed by atoms with van der Waals surface area (Å²) >= 11 is 0. The third-order valence-electron chi connectivity index (χ3n) is 7.97. The maximum atomic E-state index is 5.71. The van der Waals surface area contributed by atoms with Crippen LogP contribution in [0.2, 0.25) is 0 Å². The molecule has 0 spiro atoms. The number of hydrogen-bond donors (Lipinski definition) is 4. The molecule has 168 valence electrons. The number of ether oxygens (including phenoxy) is 2. The van der Waals surface area contributed by atoms with Crippen LogP contribution in [-0.2, 0) is 9.47 Å². The molecule has 0 amide bonds. The molecule has 4 rings (SSSR count). The Hall–Kier alpha value is -0.240. The highest BCUT2D eigenvalue weighted by molar-refractivity contribution is 4.87. The van der Waals surface area contributed by atoms with Crippen molar-refractivity contribution in [2.45, 2.75) is 88.7 Å². The van der Waals surface area contributed by atoms with E-state index in [0.29, 0.717) is 24.5 Å². The average Bonchev–Trinajstić information content (AvgIpc) is 3.29. The summed E-state index contributed by atoms with van der Waals surface area (Å²) < 4.78 is 11.2. The maximum absolute atomic E-state index is 5.71. The van der Waals surface area contributed by atoms with E-state index >= 15 is 0 Å². The smallest absolute Gasteiger partial charge is 0.112 e. The Balaban J connectivity index is 1.06. The van der Waals surface area contributed by atoms with E-state index < -0.39 is 0 Å². The van der Waals surface area contributed by atoms with Crippen LogP contribution in [0.4, 0.5) is 0 Å². The van der Waals surface area contributed by atoms with E-state index in [4.69, 9.17) is 9.47 Å². The van der Waals surface area contributed by atoms with Crippen LogP contribution in [0.1, 0.15) is 64.2 Å². The second-order valence-corrected chi connectivity index (χ2v) is 9.96. The van der Waals surface area contributed by atoms with Crippen molar-refractivity contribution in [2.24, 2.45) is 17.8 Å². The second-order valence-electron chi connectivity index (χ2n) is 9.96. The summed E-state index contributed by atoms with van der Waals surface area (Å²) in [6.07, 6.45) is 14.2. The van der Waals surface area contributed by atoms with E-state index in [9.17, 15) is 0 Å². The van der Waals surface area contributed by atoms with Gasteiger partial charge in [-0.2, -0.15) is 0 Å². The zero-order valence-electron chi connectivity index (χ0n) is 18.5. The highest BCUT2D eigenvalue weighted by Gasteiger charge is 2.31. The first-order valence-corrected chi connectivity index (χ1v) is 12.4. The maximum Gasteiger partial charge on any atom is 0.112 e. The molecule has 0 bridgehead atoms. The third-order valence-corrected chi connectivity index (χ3v) is 7.97. The zero-order valence-corrected chi connectivity index (χ0v) is 18.5. The Labute approximate surface area is 177 Å². The van der Waals surface area contributed by atoms with Gasteiger partial charge in [-0.05, 0) is 88.5 Å². The Morgan fingerprint density at radius 2 is 1.62 bits per heavy atom. The highest BCUT2D eigenvalue weighted by Crippen LogP contribution is 2.32. The lowest BCUT2D eigenvalue weighted by molar-refractivity contribution is 0.0414. The minimum atomic E-state index is 0.292. The van der Waals surface area contributed by atoms with E-state index in [1.54, 1.807) is 0 Å². The molecule has 2 saturated heterocycles. The molecule has 2 aliphatic heterocycles. The quantitative estimate of drug-likeness (QED) is 0.494. The number of hydrogen-bond acceptors (Lipinski definition) is 6. The van der Waals surface area contributed by atoms with Gasteiger partial charge in [-0.25, -0.2) is 0 Å². The van der Waals surface area contributed by atoms with E-state index in [2.05, 4.69) is 21.3 Å². The van der Waals surface area contributed by atoms with Gasteiger partial charge in [-0.3, -0.25) is 16.0 Å². The molecule has 2 aliphatic carbocycles. The molecule has 4 N–H and O–H groups in total. The predicted molar refractivity (Wildman–Crippen MR) is 117 cm³/mol. The van der Waals surface area contributed by atoms with Crippen LogP contribution < -0.4 is 21.3 Å². The monoisotopic (exact) mass is 408 g/mol. The molecule has 0 radical (unpaired) electrons. The van der Waals surface area contributed by atoms with E-state index in [0.717, 1.165) is 44.0 Å². The summed E-state index contributed by atoms with van der Waals surface area (Å²) in [7, 11) is 1.86. The van der Waals surface area contributed by atoms with Gasteiger partial charge in [0.2, 0.25) is 0 Å². The minimum Gasteiger partial charge on any atom is -0.381 e. The van der Waals surface area contributed by atoms with Crippen molar-refractivity contribution in [3.63, 3.8) is 0 Å². The highest BCUT2D eigenvalue weighted by atomic mass is 16.5. The fourth-order valence-corrected chi connectivity index (χ4v) is 5.95. The molecular weight excluding hydrogens is 364 g/mol. The second kappa shape index (κ2) is 11.4. The topological polar surface area (TPSA) is 66.6 Å². The van der Waals surface area contributed by atoms with Crippen LogP contribution in [0.3, 0.4) is 0 Å². The first-order valence-electron chi connectivity index (χ1n) is 12.4. The molecule has 0 aromatic rings. The van der Waals surface area contributed by atoms with Gasteiger partial charge in [-0.15, -0.1) is 0 Å². The van der Waals surface area contributed by atoms with E-state index in [1.165, 1.54) is 70.8 Å². The molecular formula is C23H44N4O2. The zero-order chi connectivity index (χ0) is 19.9. The first-order chi connectivity index (χ1) is 14.3. The van der Waals surface area contributed by atoms with Crippen LogP contribution >= 0.6 is 0 Å². The molecule has 6 heteroatoms. The van der Waals surface area contributed by atoms with Crippen LogP contribution in [-0.4, -0.2) is 64.4 Å². The van der Waals surface area contributed by atoms with E-state index in [1.807, 2.05) is 7.11 Å². The van der Waals surface area contributed by atoms with Crippen molar-refractivity contribution in [1.82, 2.24) is 21.3 Å². The van der Waals surface area contributed by atoms with Crippen molar-refractivity contribution in [3.8, 4) is 0 Å². The first kappa shape index (κ1) is 22.0. The molecule has 29 heavy (non-hydrogen) atoms. The molecule has 2 saturated carbocycles. The fraction of sp³-hybridized carbons (Fsp3) is 1.00. The summed E-state index contributed by atoms with van der Waals surface area (Å²) in [5.41, 5.74) is 0. The Morgan fingerprint density at radius 1 is 0.862 bits per heavy atom. The van der Waals surface area contributed by atoms with Crippen LogP contribution in [0.25, 0.3) is 0 Å². The minimum absolute atomic E-state index is 0.292. The molecule has 0 aromatic carbocycles. The largest absolute Gasteiger partial charge is 0.381 e. The van der Waals surface area contributed by atoms with Gasteiger partial charge >= 0.3 is 0 Å². The van der Waals surface area contributed by atoms with Crippen molar-refractivity contribution in [3.05, 3.63) is 0 Å². The summed E-state index contributed by atoms with van der Waals surface area (Å²) in [4.78, 5) is 0. The number of nitrogens with one attached hydrogen (secondary N) is 4. The molecule has 6 nitrogen and oxygen atoms in total. The standard InChI is InChI=1S/C23H44N4O2/c1-28-21-10-6-18(7-11-21)19-14-25-23(26-15-19)27-20-8-4-17(5-9-20)13-24-16-22-3-2-12-29-22/h17-27H,2-16H2,1H3. The molecule has 0 aromatic heterocycles. The van der Waals surface area contributed by atoms with Gasteiger partial charge in [0.15, 0.2) is 0 Å². The van der Waals surface area contributed by atoms with Gasteiger partial charge in [0.25, 0.3) is 0 Å². The van der Waals surface area contributed by atoms with Crippen molar-refractivity contribution >= 4 is 0 Å². The fourth-order valence-electron chi connectivity index (χ4n) is 5.95. The molecule has 2 heterocycles. The van der Waals surface area contributed by atoms with Gasteiger partial charge < -0.3 is 14.8 Å². The molecule has 4 fully saturated rings. The van der Waals surface area contributed by atoms with Crippen molar-refractivity contribution < 1.29 is 9.47 Å². The SMILES string of the molecule is COC1CCC(C2CNC(NC3CCC(CNCC4CCCO4)CC3)NC2)CC1. The van der Waals surface area contributed by atoms with Gasteiger partial charge in [0.05, 0.1) is 12.2 Å². The van der Waals surface area contributed by atoms with Crippen LogP contribution in [0.5, 0.6) is 0 Å². The number of rotatable bonds is 8. The van der Waals surface area contributed by atoms with E-state index in [-0.39, 0.29) is 0 Å². The Bertz CT molecular complexity index is 450. The van der Waals surface area contributed by atoms with Gasteiger partial charge in [0.1, 0.15) is 6.29 Å². The lowest BCUT2D eigenvalue weighted by Gasteiger charge is -2.40. The van der Waals surface area contributed by atoms with Crippen LogP contribution in [0, 0.1) is 17.8 Å². The van der Waals surface area contributed by atoms with Crippen molar-refractivity contribution in [2.75, 3.05) is 39.9 Å². The third kappa shape index (κ3) is 6.62. The lowest BCUT2D eigenvalue weighted by Crippen LogP contribution is -2.63. The summed E-state index contributed by atoms with van der Waals surface area (Å²) in [6.45, 7) is 5.47. The molecule has 1 unspecified atom stereocenters. The van der Waals surface area contributed by atoms with Gasteiger partial charge in [0, 0.05) is 39.4 Å². The average molecular weight is 409 g/mol. The van der Waals surface area contributed by atoms with Crippen LogP contribution in [0.15, 0.2) is 0 Å². The lowest BCUT2D eigenvalue weighted by atomic mass is 9.78. The summed E-state index contributed by atoms with van der Waals surface area (Å²) in [6, 6.07) is 0.656. The van der Waals surface area contributed by atoms with Crippen molar-refractivity contribution in [1.29, 1.82) is 0 Å². The number of methoxy groups -OCH3 is 1. The summed E-state index contributed by atoms with van der Waals surface area (Å²) in [5.74, 6) is 2.48. The predicted octanol–water partition coefficient (Wildman–Crippen LogP) is 2.20.